The van der Waals surface area contributed by atoms with Gasteiger partial charge in [0.25, 0.3) is 0 Å². The van der Waals surface area contributed by atoms with Crippen LogP contribution in [0.5, 0.6) is 5.75 Å². The SMILES string of the molecule is C=C(C)c1cc(N)c(OC)c(CO)c1. The van der Waals surface area contributed by atoms with Crippen molar-refractivity contribution in [3.05, 3.63) is 29.8 Å². The fraction of sp³-hybridized carbons (Fsp3) is 0.273. The molecule has 0 aromatic heterocycles. The number of hydrogen-bond acceptors (Lipinski definition) is 3. The molecular formula is C11H15NO2. The monoisotopic (exact) mass is 193 g/mol. The van der Waals surface area contributed by atoms with Crippen LogP contribution in [0.4, 0.5) is 5.69 Å². The zero-order valence-corrected chi connectivity index (χ0v) is 8.50. The summed E-state index contributed by atoms with van der Waals surface area (Å²) in [4.78, 5) is 0. The minimum Gasteiger partial charge on any atom is -0.494 e. The van der Waals surface area contributed by atoms with Gasteiger partial charge in [-0.3, -0.25) is 0 Å². The molecule has 0 fully saturated rings. The number of benzene rings is 1. The zero-order chi connectivity index (χ0) is 10.7. The van der Waals surface area contributed by atoms with Gasteiger partial charge in [0.05, 0.1) is 19.4 Å². The second-order valence-corrected chi connectivity index (χ2v) is 3.20. The predicted molar refractivity (Wildman–Crippen MR) is 58.0 cm³/mol. The smallest absolute Gasteiger partial charge is 0.147 e. The largest absolute Gasteiger partial charge is 0.494 e. The van der Waals surface area contributed by atoms with Crippen molar-refractivity contribution in [1.82, 2.24) is 0 Å². The highest BCUT2D eigenvalue weighted by atomic mass is 16.5. The van der Waals surface area contributed by atoms with Gasteiger partial charge >= 0.3 is 0 Å². The van der Waals surface area contributed by atoms with Crippen LogP contribution in [-0.2, 0) is 6.61 Å². The number of ether oxygens (including phenoxy) is 1. The summed E-state index contributed by atoms with van der Waals surface area (Å²) < 4.78 is 5.09. The topological polar surface area (TPSA) is 55.5 Å². The molecule has 3 nitrogen and oxygen atoms in total. The molecule has 0 aliphatic rings. The summed E-state index contributed by atoms with van der Waals surface area (Å²) in [6, 6.07) is 3.62. The van der Waals surface area contributed by atoms with Gasteiger partial charge in [-0.05, 0) is 24.6 Å². The Bertz CT molecular complexity index is 359. The van der Waals surface area contributed by atoms with Crippen molar-refractivity contribution >= 4 is 11.3 Å². The maximum atomic E-state index is 9.11. The van der Waals surface area contributed by atoms with Gasteiger partial charge in [-0.15, -0.1) is 0 Å². The van der Waals surface area contributed by atoms with Crippen LogP contribution < -0.4 is 10.5 Å². The third-order valence-corrected chi connectivity index (χ3v) is 2.06. The first-order chi connectivity index (χ1) is 6.60. The molecule has 0 radical (unpaired) electrons. The molecule has 1 rings (SSSR count). The van der Waals surface area contributed by atoms with Crippen LogP contribution in [-0.4, -0.2) is 12.2 Å². The molecule has 0 heterocycles. The molecule has 76 valence electrons. The number of nitrogen functional groups attached to an aromatic ring is 1. The van der Waals surface area contributed by atoms with Gasteiger partial charge in [0.15, 0.2) is 0 Å². The van der Waals surface area contributed by atoms with Gasteiger partial charge in [-0.1, -0.05) is 12.2 Å². The van der Waals surface area contributed by atoms with Crippen LogP contribution in [0.2, 0.25) is 0 Å². The number of allylic oxidation sites excluding steroid dienone is 1. The first-order valence-electron chi connectivity index (χ1n) is 4.33. The Labute approximate surface area is 83.8 Å². The van der Waals surface area contributed by atoms with Crippen molar-refractivity contribution in [2.75, 3.05) is 12.8 Å². The fourth-order valence-electron chi connectivity index (χ4n) is 1.33. The maximum Gasteiger partial charge on any atom is 0.147 e. The Morgan fingerprint density at radius 1 is 1.57 bits per heavy atom. The van der Waals surface area contributed by atoms with Crippen LogP contribution in [0.3, 0.4) is 0 Å². The molecule has 0 bridgehead atoms. The molecule has 0 atom stereocenters. The molecule has 3 N–H and O–H groups in total. The van der Waals surface area contributed by atoms with Gasteiger partial charge in [0.2, 0.25) is 0 Å². The molecule has 0 amide bonds. The van der Waals surface area contributed by atoms with E-state index in [1.165, 1.54) is 7.11 Å². The second kappa shape index (κ2) is 4.15. The number of nitrogens with two attached hydrogens (primary N) is 1. The van der Waals surface area contributed by atoms with Crippen molar-refractivity contribution in [2.24, 2.45) is 0 Å². The van der Waals surface area contributed by atoms with Crippen LogP contribution in [0, 0.1) is 0 Å². The molecule has 0 saturated heterocycles. The minimum atomic E-state index is -0.0888. The molecule has 0 aliphatic heterocycles. The number of methoxy groups -OCH3 is 1. The lowest BCUT2D eigenvalue weighted by Gasteiger charge is -2.11. The van der Waals surface area contributed by atoms with E-state index in [4.69, 9.17) is 15.6 Å². The number of hydrogen-bond donors (Lipinski definition) is 2. The fourth-order valence-corrected chi connectivity index (χ4v) is 1.33. The van der Waals surface area contributed by atoms with Gasteiger partial charge in [0.1, 0.15) is 5.75 Å². The molecule has 3 heteroatoms. The number of anilines is 1. The van der Waals surface area contributed by atoms with E-state index >= 15 is 0 Å². The van der Waals surface area contributed by atoms with Crippen molar-refractivity contribution < 1.29 is 9.84 Å². The van der Waals surface area contributed by atoms with E-state index < -0.39 is 0 Å². The average molecular weight is 193 g/mol. The Kier molecular flexibility index (Phi) is 3.14. The van der Waals surface area contributed by atoms with E-state index in [2.05, 4.69) is 6.58 Å². The summed E-state index contributed by atoms with van der Waals surface area (Å²) in [5.74, 6) is 0.539. The van der Waals surface area contributed by atoms with Crippen molar-refractivity contribution in [3.63, 3.8) is 0 Å². The lowest BCUT2D eigenvalue weighted by Crippen LogP contribution is -1.99. The van der Waals surface area contributed by atoms with Gasteiger partial charge in [-0.2, -0.15) is 0 Å². The lowest BCUT2D eigenvalue weighted by atomic mass is 10.0. The quantitative estimate of drug-likeness (QED) is 0.720. The minimum absolute atomic E-state index is 0.0888. The highest BCUT2D eigenvalue weighted by Crippen LogP contribution is 2.30. The summed E-state index contributed by atoms with van der Waals surface area (Å²) in [6.45, 7) is 5.62. The molecule has 1 aromatic carbocycles. The third kappa shape index (κ3) is 1.88. The summed E-state index contributed by atoms with van der Waals surface area (Å²) in [5.41, 5.74) is 8.81. The van der Waals surface area contributed by atoms with E-state index in [0.29, 0.717) is 17.0 Å². The Morgan fingerprint density at radius 3 is 2.64 bits per heavy atom. The molecule has 0 spiro atoms. The van der Waals surface area contributed by atoms with Crippen molar-refractivity contribution in [3.8, 4) is 5.75 Å². The number of aliphatic hydroxyl groups excluding tert-OH is 1. The van der Waals surface area contributed by atoms with E-state index in [1.54, 1.807) is 6.07 Å². The van der Waals surface area contributed by atoms with E-state index in [-0.39, 0.29) is 6.61 Å². The van der Waals surface area contributed by atoms with E-state index in [0.717, 1.165) is 11.1 Å². The average Bonchev–Trinajstić information content (AvgIpc) is 2.16. The standard InChI is InChI=1S/C11H15NO2/c1-7(2)8-4-9(6-13)11(14-3)10(12)5-8/h4-5,13H,1,6,12H2,2-3H3. The van der Waals surface area contributed by atoms with Crippen LogP contribution in [0.15, 0.2) is 18.7 Å². The summed E-state index contributed by atoms with van der Waals surface area (Å²) >= 11 is 0. The lowest BCUT2D eigenvalue weighted by molar-refractivity contribution is 0.274. The highest BCUT2D eigenvalue weighted by Gasteiger charge is 2.08. The predicted octanol–water partition coefficient (Wildman–Crippen LogP) is 1.80. The summed E-state index contributed by atoms with van der Waals surface area (Å²) in [6.07, 6.45) is 0. The molecular weight excluding hydrogens is 178 g/mol. The second-order valence-electron chi connectivity index (χ2n) is 3.20. The molecule has 0 unspecified atom stereocenters. The zero-order valence-electron chi connectivity index (χ0n) is 8.50. The summed E-state index contributed by atoms with van der Waals surface area (Å²) in [5, 5.41) is 9.11. The maximum absolute atomic E-state index is 9.11. The summed E-state index contributed by atoms with van der Waals surface area (Å²) in [7, 11) is 1.53. The van der Waals surface area contributed by atoms with Crippen LogP contribution in [0.25, 0.3) is 5.57 Å². The highest BCUT2D eigenvalue weighted by molar-refractivity contribution is 5.70. The molecule has 14 heavy (non-hydrogen) atoms. The normalized spacial score (nSPS) is 9.93. The van der Waals surface area contributed by atoms with Crippen molar-refractivity contribution in [2.45, 2.75) is 13.5 Å². The van der Waals surface area contributed by atoms with Gasteiger partial charge in [0, 0.05) is 5.56 Å². The van der Waals surface area contributed by atoms with Crippen molar-refractivity contribution in [1.29, 1.82) is 0 Å². The first-order valence-corrected chi connectivity index (χ1v) is 4.33. The number of rotatable bonds is 3. The van der Waals surface area contributed by atoms with Gasteiger partial charge < -0.3 is 15.6 Å². The molecule has 0 aliphatic carbocycles. The Hall–Kier alpha value is -1.48. The Balaban J connectivity index is 3.31. The van der Waals surface area contributed by atoms with Crippen LogP contribution in [0.1, 0.15) is 18.1 Å². The third-order valence-electron chi connectivity index (χ3n) is 2.06. The molecule has 0 saturated carbocycles. The Morgan fingerprint density at radius 2 is 2.21 bits per heavy atom. The van der Waals surface area contributed by atoms with E-state index in [9.17, 15) is 0 Å². The first kappa shape index (κ1) is 10.6. The van der Waals surface area contributed by atoms with E-state index in [1.807, 2.05) is 13.0 Å². The molecule has 1 aromatic rings. The van der Waals surface area contributed by atoms with Gasteiger partial charge in [-0.25, -0.2) is 0 Å². The van der Waals surface area contributed by atoms with Crippen LogP contribution >= 0.6 is 0 Å². The number of aliphatic hydroxyl groups is 1.